The highest BCUT2D eigenvalue weighted by molar-refractivity contribution is 9.10. The maximum Gasteiger partial charge on any atom is 0.272 e. The average Bonchev–Trinajstić information content (AvgIpc) is 2.69. The number of fused-ring (bicyclic) bond motifs is 1. The van der Waals surface area contributed by atoms with Crippen LogP contribution in [0.5, 0.6) is 0 Å². The Kier molecular flexibility index (Phi) is 4.71. The molecule has 0 radical (unpaired) electrons. The van der Waals surface area contributed by atoms with Crippen molar-refractivity contribution in [2.24, 2.45) is 0 Å². The minimum atomic E-state index is -1.85. The number of hydrogen-bond donors (Lipinski definition) is 1. The lowest BCUT2D eigenvalue weighted by molar-refractivity contribution is 0.267. The summed E-state index contributed by atoms with van der Waals surface area (Å²) in [5.74, 6) is -0.428. The van der Waals surface area contributed by atoms with Crippen molar-refractivity contribution in [1.29, 1.82) is 0 Å². The fourth-order valence-corrected chi connectivity index (χ4v) is 3.36. The van der Waals surface area contributed by atoms with E-state index >= 15 is 0 Å². The Labute approximate surface area is 138 Å². The van der Waals surface area contributed by atoms with Crippen LogP contribution in [0.15, 0.2) is 21.4 Å². The highest BCUT2D eigenvalue weighted by Crippen LogP contribution is 2.36. The van der Waals surface area contributed by atoms with Crippen molar-refractivity contribution in [3.8, 4) is 0 Å². The van der Waals surface area contributed by atoms with Gasteiger partial charge in [-0.2, -0.15) is 0 Å². The van der Waals surface area contributed by atoms with Gasteiger partial charge in [-0.1, -0.05) is 20.8 Å². The summed E-state index contributed by atoms with van der Waals surface area (Å²) in [6.07, 6.45) is 0. The molecule has 0 fully saturated rings. The van der Waals surface area contributed by atoms with Gasteiger partial charge in [-0.3, -0.25) is 14.6 Å². The highest BCUT2D eigenvalue weighted by atomic mass is 79.9. The molecule has 0 unspecified atom stereocenters. The molecule has 2 rings (SSSR count). The Balaban J connectivity index is 2.23. The summed E-state index contributed by atoms with van der Waals surface area (Å²) in [6, 6.07) is 3.16. The van der Waals surface area contributed by atoms with Crippen LogP contribution in [0.3, 0.4) is 0 Å². The fourth-order valence-electron chi connectivity index (χ4n) is 2.00. The van der Waals surface area contributed by atoms with Gasteiger partial charge in [-0.25, -0.2) is 4.39 Å². The molecular weight excluding hydrogens is 367 g/mol. The number of nitrogens with zero attached hydrogens (tertiary/aromatic N) is 1. The quantitative estimate of drug-likeness (QED) is 0.795. The standard InChI is InChI=1S/C15H22BrFN2O2Si/c1-15(2,3)22(4,5)21-9-8-19-13-10(14(20)18-19)6-7-11(16)12(13)17/h6-7H,8-9H2,1-5H3,(H,18,20). The molecule has 0 spiro atoms. The highest BCUT2D eigenvalue weighted by Gasteiger charge is 2.36. The third-order valence-corrected chi connectivity index (χ3v) is 9.55. The van der Waals surface area contributed by atoms with Gasteiger partial charge in [0, 0.05) is 0 Å². The van der Waals surface area contributed by atoms with E-state index in [-0.39, 0.29) is 10.6 Å². The number of H-pyrrole nitrogens is 1. The second kappa shape index (κ2) is 5.94. The van der Waals surface area contributed by atoms with E-state index in [1.807, 2.05) is 0 Å². The van der Waals surface area contributed by atoms with Gasteiger partial charge in [0.05, 0.1) is 23.0 Å². The Hall–Kier alpha value is -0.923. The smallest absolute Gasteiger partial charge is 0.272 e. The van der Waals surface area contributed by atoms with E-state index in [0.29, 0.717) is 28.5 Å². The Morgan fingerprint density at radius 2 is 2.00 bits per heavy atom. The molecule has 1 N–H and O–H groups in total. The molecule has 4 nitrogen and oxygen atoms in total. The van der Waals surface area contributed by atoms with E-state index in [4.69, 9.17) is 4.43 Å². The lowest BCUT2D eigenvalue weighted by Gasteiger charge is -2.36. The molecule has 0 aliphatic rings. The monoisotopic (exact) mass is 388 g/mol. The van der Waals surface area contributed by atoms with E-state index < -0.39 is 14.1 Å². The molecule has 0 saturated heterocycles. The summed E-state index contributed by atoms with van der Waals surface area (Å²) in [4.78, 5) is 11.9. The van der Waals surface area contributed by atoms with Crippen LogP contribution in [-0.2, 0) is 11.0 Å². The topological polar surface area (TPSA) is 47.0 Å². The van der Waals surface area contributed by atoms with Crippen LogP contribution < -0.4 is 5.56 Å². The van der Waals surface area contributed by atoms with Crippen molar-refractivity contribution in [2.45, 2.75) is 45.4 Å². The first-order valence-corrected chi connectivity index (χ1v) is 11.0. The van der Waals surface area contributed by atoms with Crippen molar-refractivity contribution >= 4 is 35.2 Å². The molecule has 7 heteroatoms. The summed E-state index contributed by atoms with van der Waals surface area (Å²) >= 11 is 3.16. The number of halogens is 2. The molecule has 0 bridgehead atoms. The van der Waals surface area contributed by atoms with Crippen LogP contribution in [0.4, 0.5) is 4.39 Å². The number of aromatic amines is 1. The minimum Gasteiger partial charge on any atom is -0.415 e. The molecule has 0 amide bonds. The van der Waals surface area contributed by atoms with Gasteiger partial charge in [0.15, 0.2) is 14.1 Å². The van der Waals surface area contributed by atoms with Crippen molar-refractivity contribution in [3.63, 3.8) is 0 Å². The van der Waals surface area contributed by atoms with Gasteiger partial charge >= 0.3 is 0 Å². The van der Waals surface area contributed by atoms with Gasteiger partial charge < -0.3 is 4.43 Å². The zero-order valence-electron chi connectivity index (χ0n) is 13.6. The normalized spacial score (nSPS) is 13.0. The van der Waals surface area contributed by atoms with Crippen LogP contribution >= 0.6 is 15.9 Å². The van der Waals surface area contributed by atoms with Crippen molar-refractivity contribution in [1.82, 2.24) is 9.78 Å². The van der Waals surface area contributed by atoms with Gasteiger partial charge in [0.25, 0.3) is 5.56 Å². The largest absolute Gasteiger partial charge is 0.415 e. The van der Waals surface area contributed by atoms with Crippen LogP contribution in [0.1, 0.15) is 20.8 Å². The first-order valence-electron chi connectivity index (χ1n) is 7.25. The van der Waals surface area contributed by atoms with Crippen LogP contribution in [0, 0.1) is 5.82 Å². The lowest BCUT2D eigenvalue weighted by atomic mass is 10.2. The number of rotatable bonds is 4. The molecule has 1 aromatic carbocycles. The number of hydrogen-bond acceptors (Lipinski definition) is 2. The number of benzene rings is 1. The predicted molar refractivity (Wildman–Crippen MR) is 93.4 cm³/mol. The molecule has 122 valence electrons. The van der Waals surface area contributed by atoms with E-state index in [1.54, 1.807) is 12.1 Å². The van der Waals surface area contributed by atoms with Crippen molar-refractivity contribution in [3.05, 3.63) is 32.8 Å². The Morgan fingerprint density at radius 1 is 1.36 bits per heavy atom. The first-order chi connectivity index (χ1) is 10.0. The minimum absolute atomic E-state index is 0.118. The maximum atomic E-state index is 14.3. The van der Waals surface area contributed by atoms with Crippen molar-refractivity contribution in [2.75, 3.05) is 6.61 Å². The molecular formula is C15H22BrFN2O2Si. The molecule has 2 aromatic rings. The summed E-state index contributed by atoms with van der Waals surface area (Å²) in [7, 11) is -1.85. The maximum absolute atomic E-state index is 14.3. The summed E-state index contributed by atoms with van der Waals surface area (Å²) in [5.41, 5.74) is 0.00642. The first kappa shape index (κ1) is 17.4. The summed E-state index contributed by atoms with van der Waals surface area (Å²) < 4.78 is 22.2. The third-order valence-electron chi connectivity index (χ3n) is 4.40. The molecule has 0 atom stereocenters. The lowest BCUT2D eigenvalue weighted by Crippen LogP contribution is -2.41. The van der Waals surface area contributed by atoms with E-state index in [1.165, 1.54) is 4.68 Å². The number of nitrogens with one attached hydrogen (secondary N) is 1. The van der Waals surface area contributed by atoms with Gasteiger partial charge in [-0.15, -0.1) is 0 Å². The third kappa shape index (κ3) is 3.21. The summed E-state index contributed by atoms with van der Waals surface area (Å²) in [6.45, 7) is 11.7. The molecule has 1 heterocycles. The Morgan fingerprint density at radius 3 is 2.59 bits per heavy atom. The second-order valence-corrected chi connectivity index (χ2v) is 12.6. The van der Waals surface area contributed by atoms with E-state index in [0.717, 1.165) is 0 Å². The van der Waals surface area contributed by atoms with Gasteiger partial charge in [0.1, 0.15) is 5.52 Å². The number of aromatic nitrogens is 2. The van der Waals surface area contributed by atoms with Crippen LogP contribution in [0.2, 0.25) is 18.1 Å². The Bertz CT molecular complexity index is 746. The zero-order chi connectivity index (χ0) is 16.7. The zero-order valence-corrected chi connectivity index (χ0v) is 16.2. The molecule has 1 aromatic heterocycles. The van der Waals surface area contributed by atoms with Crippen molar-refractivity contribution < 1.29 is 8.82 Å². The van der Waals surface area contributed by atoms with E-state index in [2.05, 4.69) is 54.9 Å². The average molecular weight is 389 g/mol. The van der Waals surface area contributed by atoms with Crippen LogP contribution in [0.25, 0.3) is 10.9 Å². The van der Waals surface area contributed by atoms with Gasteiger partial charge in [0.2, 0.25) is 0 Å². The SMILES string of the molecule is CC(C)(C)[Si](C)(C)OCCn1[nH]c(=O)c2ccc(Br)c(F)c21. The fraction of sp³-hybridized carbons (Fsp3) is 0.533. The van der Waals surface area contributed by atoms with Crippen LogP contribution in [-0.4, -0.2) is 24.7 Å². The van der Waals surface area contributed by atoms with Gasteiger partial charge in [-0.05, 0) is 46.2 Å². The molecule has 0 aliphatic carbocycles. The molecule has 0 saturated carbocycles. The second-order valence-electron chi connectivity index (χ2n) is 6.96. The molecule has 22 heavy (non-hydrogen) atoms. The van der Waals surface area contributed by atoms with E-state index in [9.17, 15) is 9.18 Å². The molecule has 0 aliphatic heterocycles. The summed E-state index contributed by atoms with van der Waals surface area (Å²) in [5, 5.41) is 3.15. The predicted octanol–water partition coefficient (Wildman–Crippen LogP) is 4.25.